The van der Waals surface area contributed by atoms with Crippen LogP contribution in [0.1, 0.15) is 36.4 Å². The number of nitrogens with one attached hydrogen (secondary N) is 2. The summed E-state index contributed by atoms with van der Waals surface area (Å²) in [5, 5.41) is 7.46. The molecule has 0 aliphatic carbocycles. The van der Waals surface area contributed by atoms with Crippen molar-refractivity contribution in [3.8, 4) is 0 Å². The molecule has 0 atom stereocenters. The minimum absolute atomic E-state index is 0.176. The van der Waals surface area contributed by atoms with Gasteiger partial charge >= 0.3 is 12.0 Å². The molecular formula is C15H23N3O3S. The summed E-state index contributed by atoms with van der Waals surface area (Å²) in [6.45, 7) is 6.36. The van der Waals surface area contributed by atoms with Crippen molar-refractivity contribution in [2.75, 3.05) is 25.5 Å². The molecule has 0 bridgehead atoms. The lowest BCUT2D eigenvalue weighted by Crippen LogP contribution is -2.47. The molecule has 1 aromatic heterocycles. The first-order valence-corrected chi connectivity index (χ1v) is 8.36. The van der Waals surface area contributed by atoms with E-state index in [9.17, 15) is 9.59 Å². The number of methoxy groups -OCH3 is 1. The highest BCUT2D eigenvalue weighted by Crippen LogP contribution is 2.23. The number of amides is 2. The number of nitrogens with zero attached hydrogens (tertiary/aromatic N) is 1. The van der Waals surface area contributed by atoms with Crippen molar-refractivity contribution in [2.24, 2.45) is 0 Å². The lowest BCUT2D eigenvalue weighted by Gasteiger charge is -2.34. The Kier molecular flexibility index (Phi) is 5.79. The van der Waals surface area contributed by atoms with Crippen LogP contribution in [0, 0.1) is 0 Å². The molecule has 1 aliphatic rings. The zero-order valence-corrected chi connectivity index (χ0v) is 14.0. The number of rotatable bonds is 4. The second kappa shape index (κ2) is 7.60. The number of thiophene rings is 1. The molecule has 2 rings (SSSR count). The SMILES string of the molecule is COC(=O)c1sccc1NC(=O)NC1CCN(C(C)C)CC1. The number of hydrogen-bond acceptors (Lipinski definition) is 5. The van der Waals surface area contributed by atoms with E-state index in [0.717, 1.165) is 25.9 Å². The normalized spacial score (nSPS) is 16.5. The molecule has 2 heterocycles. The summed E-state index contributed by atoms with van der Waals surface area (Å²) in [6, 6.07) is 2.16. The summed E-state index contributed by atoms with van der Waals surface area (Å²) in [4.78, 5) is 26.5. The molecule has 1 aromatic rings. The number of urea groups is 1. The summed E-state index contributed by atoms with van der Waals surface area (Å²) in [7, 11) is 1.33. The Hall–Kier alpha value is -1.60. The zero-order chi connectivity index (χ0) is 16.1. The quantitative estimate of drug-likeness (QED) is 0.835. The van der Waals surface area contributed by atoms with Crippen molar-refractivity contribution in [2.45, 2.75) is 38.8 Å². The van der Waals surface area contributed by atoms with Gasteiger partial charge in [-0.1, -0.05) is 0 Å². The van der Waals surface area contributed by atoms with E-state index in [1.54, 1.807) is 11.4 Å². The highest BCUT2D eigenvalue weighted by atomic mass is 32.1. The first-order chi connectivity index (χ1) is 10.5. The van der Waals surface area contributed by atoms with E-state index in [1.165, 1.54) is 18.4 Å². The van der Waals surface area contributed by atoms with Gasteiger partial charge in [-0.25, -0.2) is 9.59 Å². The van der Waals surface area contributed by atoms with E-state index < -0.39 is 5.97 Å². The predicted octanol–water partition coefficient (Wildman–Crippen LogP) is 2.53. The van der Waals surface area contributed by atoms with Gasteiger partial charge in [-0.3, -0.25) is 0 Å². The molecule has 7 heteroatoms. The summed E-state index contributed by atoms with van der Waals surface area (Å²) >= 11 is 1.25. The van der Waals surface area contributed by atoms with Crippen molar-refractivity contribution in [3.63, 3.8) is 0 Å². The molecule has 122 valence electrons. The van der Waals surface area contributed by atoms with Gasteiger partial charge in [-0.2, -0.15) is 0 Å². The molecule has 0 radical (unpaired) electrons. The fourth-order valence-electron chi connectivity index (χ4n) is 2.56. The number of piperidine rings is 1. The van der Waals surface area contributed by atoms with Crippen LogP contribution < -0.4 is 10.6 Å². The molecule has 1 fully saturated rings. The monoisotopic (exact) mass is 325 g/mol. The third-order valence-electron chi connectivity index (χ3n) is 3.88. The number of carbonyl (C=O) groups excluding carboxylic acids is 2. The van der Waals surface area contributed by atoms with Crippen molar-refractivity contribution in [1.82, 2.24) is 10.2 Å². The lowest BCUT2D eigenvalue weighted by molar-refractivity contribution is 0.0607. The van der Waals surface area contributed by atoms with Gasteiger partial charge < -0.3 is 20.3 Å². The summed E-state index contributed by atoms with van der Waals surface area (Å²) in [5.74, 6) is -0.435. The first-order valence-electron chi connectivity index (χ1n) is 7.48. The molecular weight excluding hydrogens is 302 g/mol. The Morgan fingerprint density at radius 3 is 2.64 bits per heavy atom. The third-order valence-corrected chi connectivity index (χ3v) is 4.77. The van der Waals surface area contributed by atoms with Crippen LogP contribution in [0.2, 0.25) is 0 Å². The standard InChI is InChI=1S/C15H23N3O3S/c1-10(2)18-7-4-11(5-8-18)16-15(20)17-12-6-9-22-13(12)14(19)21-3/h6,9-11H,4-5,7-8H2,1-3H3,(H2,16,17,20). The average molecular weight is 325 g/mol. The highest BCUT2D eigenvalue weighted by molar-refractivity contribution is 7.12. The van der Waals surface area contributed by atoms with Crippen LogP contribution in [0.25, 0.3) is 0 Å². The van der Waals surface area contributed by atoms with Crippen LogP contribution in [0.5, 0.6) is 0 Å². The Morgan fingerprint density at radius 1 is 1.36 bits per heavy atom. The lowest BCUT2D eigenvalue weighted by atomic mass is 10.0. The highest BCUT2D eigenvalue weighted by Gasteiger charge is 2.23. The van der Waals surface area contributed by atoms with E-state index in [-0.39, 0.29) is 12.1 Å². The first kappa shape index (κ1) is 16.8. The van der Waals surface area contributed by atoms with Crippen LogP contribution in [-0.2, 0) is 4.74 Å². The molecule has 6 nitrogen and oxygen atoms in total. The molecule has 1 saturated heterocycles. The molecule has 1 aliphatic heterocycles. The van der Waals surface area contributed by atoms with Crippen LogP contribution in [0.3, 0.4) is 0 Å². The van der Waals surface area contributed by atoms with E-state index in [0.29, 0.717) is 16.6 Å². The maximum atomic E-state index is 12.1. The van der Waals surface area contributed by atoms with Gasteiger partial charge in [0, 0.05) is 25.2 Å². The number of esters is 1. The summed E-state index contributed by atoms with van der Waals surface area (Å²) in [6.07, 6.45) is 1.89. The second-order valence-corrected chi connectivity index (χ2v) is 6.57. The molecule has 0 aromatic carbocycles. The van der Waals surface area contributed by atoms with Gasteiger partial charge in [0.25, 0.3) is 0 Å². The number of anilines is 1. The van der Waals surface area contributed by atoms with E-state index >= 15 is 0 Å². The Bertz CT molecular complexity index is 522. The topological polar surface area (TPSA) is 70.7 Å². The van der Waals surface area contributed by atoms with E-state index in [2.05, 4.69) is 29.4 Å². The Morgan fingerprint density at radius 2 is 2.05 bits per heavy atom. The number of likely N-dealkylation sites (tertiary alicyclic amines) is 1. The van der Waals surface area contributed by atoms with E-state index in [1.807, 2.05) is 0 Å². The number of carbonyl (C=O) groups is 2. The van der Waals surface area contributed by atoms with Crippen LogP contribution in [0.4, 0.5) is 10.5 Å². The minimum Gasteiger partial charge on any atom is -0.465 e. The molecule has 22 heavy (non-hydrogen) atoms. The summed E-state index contributed by atoms with van der Waals surface area (Å²) in [5.41, 5.74) is 0.494. The molecule has 2 amide bonds. The fourth-order valence-corrected chi connectivity index (χ4v) is 3.33. The van der Waals surface area contributed by atoms with Crippen molar-refractivity contribution in [1.29, 1.82) is 0 Å². The predicted molar refractivity (Wildman–Crippen MR) is 87.5 cm³/mol. The van der Waals surface area contributed by atoms with Crippen LogP contribution >= 0.6 is 11.3 Å². The van der Waals surface area contributed by atoms with Crippen LogP contribution in [0.15, 0.2) is 11.4 Å². The van der Waals surface area contributed by atoms with Crippen molar-refractivity contribution < 1.29 is 14.3 Å². The minimum atomic E-state index is -0.435. The molecule has 0 saturated carbocycles. The van der Waals surface area contributed by atoms with Gasteiger partial charge in [-0.05, 0) is 38.1 Å². The number of ether oxygens (including phenoxy) is 1. The average Bonchev–Trinajstić information content (AvgIpc) is 2.95. The molecule has 0 unspecified atom stereocenters. The largest absolute Gasteiger partial charge is 0.465 e. The summed E-state index contributed by atoms with van der Waals surface area (Å²) < 4.78 is 4.70. The maximum Gasteiger partial charge on any atom is 0.350 e. The van der Waals surface area contributed by atoms with E-state index in [4.69, 9.17) is 4.74 Å². The molecule has 2 N–H and O–H groups in total. The fraction of sp³-hybridized carbons (Fsp3) is 0.600. The Labute approximate surface area is 134 Å². The van der Waals surface area contributed by atoms with Crippen LogP contribution in [-0.4, -0.2) is 49.2 Å². The smallest absolute Gasteiger partial charge is 0.350 e. The van der Waals surface area contributed by atoms with Gasteiger partial charge in [-0.15, -0.1) is 11.3 Å². The number of hydrogen-bond donors (Lipinski definition) is 2. The van der Waals surface area contributed by atoms with Gasteiger partial charge in [0.1, 0.15) is 4.88 Å². The van der Waals surface area contributed by atoms with Crippen molar-refractivity contribution >= 4 is 29.0 Å². The third kappa shape index (κ3) is 4.20. The van der Waals surface area contributed by atoms with Crippen molar-refractivity contribution in [3.05, 3.63) is 16.3 Å². The van der Waals surface area contributed by atoms with Gasteiger partial charge in [0.15, 0.2) is 0 Å². The molecule has 0 spiro atoms. The second-order valence-electron chi connectivity index (χ2n) is 5.66. The Balaban J connectivity index is 1.84. The zero-order valence-electron chi connectivity index (χ0n) is 13.2. The van der Waals surface area contributed by atoms with Gasteiger partial charge in [0.2, 0.25) is 0 Å². The van der Waals surface area contributed by atoms with Gasteiger partial charge in [0.05, 0.1) is 12.8 Å². The maximum absolute atomic E-state index is 12.1.